The smallest absolute Gasteiger partial charge is 0.410 e. The van der Waals surface area contributed by atoms with Gasteiger partial charge in [0.1, 0.15) is 5.60 Å². The maximum Gasteiger partial charge on any atom is 0.410 e. The van der Waals surface area contributed by atoms with Gasteiger partial charge in [0, 0.05) is 18.6 Å². The number of amides is 1. The van der Waals surface area contributed by atoms with Crippen LogP contribution in [-0.4, -0.2) is 41.8 Å². The van der Waals surface area contributed by atoms with E-state index in [-0.39, 0.29) is 6.09 Å². The number of carbonyl (C=O) groups is 1. The number of hydrogen-bond acceptors (Lipinski definition) is 3. The van der Waals surface area contributed by atoms with Gasteiger partial charge in [-0.25, -0.2) is 4.79 Å². The van der Waals surface area contributed by atoms with Crippen molar-refractivity contribution in [2.75, 3.05) is 13.1 Å². The highest BCUT2D eigenvalue weighted by Crippen LogP contribution is 2.29. The summed E-state index contributed by atoms with van der Waals surface area (Å²) in [6, 6.07) is 0.741. The Balaban J connectivity index is 2.01. The van der Waals surface area contributed by atoms with Crippen LogP contribution in [0.15, 0.2) is 0 Å². The van der Waals surface area contributed by atoms with Crippen molar-refractivity contribution >= 4 is 6.09 Å². The van der Waals surface area contributed by atoms with E-state index in [0.717, 1.165) is 32.4 Å². The molecular weight excluding hydrogens is 216 g/mol. The number of carbonyl (C=O) groups excluding carboxylic acids is 1. The minimum absolute atomic E-state index is 0.129. The molecule has 98 valence electrons. The van der Waals surface area contributed by atoms with Crippen molar-refractivity contribution < 1.29 is 9.53 Å². The third-order valence-corrected chi connectivity index (χ3v) is 3.50. The molecule has 0 aromatic carbocycles. The molecule has 0 spiro atoms. The lowest BCUT2D eigenvalue weighted by Crippen LogP contribution is -2.52. The Hall–Kier alpha value is -0.770. The zero-order chi connectivity index (χ0) is 12.5. The lowest BCUT2D eigenvalue weighted by Gasteiger charge is -2.41. The summed E-state index contributed by atoms with van der Waals surface area (Å²) in [5.41, 5.74) is -0.398. The van der Waals surface area contributed by atoms with Crippen LogP contribution in [0.2, 0.25) is 0 Å². The molecule has 2 aliphatic rings. The molecule has 0 aromatic rings. The second-order valence-electron chi connectivity index (χ2n) is 6.12. The van der Waals surface area contributed by atoms with Gasteiger partial charge in [0.05, 0.1) is 0 Å². The van der Waals surface area contributed by atoms with Gasteiger partial charge in [-0.05, 0) is 53.0 Å². The molecule has 1 aliphatic carbocycles. The van der Waals surface area contributed by atoms with Gasteiger partial charge in [-0.1, -0.05) is 0 Å². The molecule has 1 amide bonds. The van der Waals surface area contributed by atoms with Gasteiger partial charge < -0.3 is 15.0 Å². The number of nitrogens with one attached hydrogen (secondary N) is 1. The SMILES string of the molecule is CC(C)(C)OC(=O)N(C1CCC1)C1CCNC1. The van der Waals surface area contributed by atoms with Crippen LogP contribution in [0.4, 0.5) is 4.79 Å². The predicted molar refractivity (Wildman–Crippen MR) is 67.0 cm³/mol. The minimum Gasteiger partial charge on any atom is -0.444 e. The van der Waals surface area contributed by atoms with Gasteiger partial charge >= 0.3 is 6.09 Å². The van der Waals surface area contributed by atoms with E-state index in [4.69, 9.17) is 4.74 Å². The molecule has 0 radical (unpaired) electrons. The van der Waals surface area contributed by atoms with Crippen molar-refractivity contribution in [3.8, 4) is 0 Å². The normalized spacial score (nSPS) is 25.5. The molecule has 1 saturated carbocycles. The zero-order valence-corrected chi connectivity index (χ0v) is 11.2. The van der Waals surface area contributed by atoms with E-state index < -0.39 is 5.60 Å². The van der Waals surface area contributed by atoms with Crippen molar-refractivity contribution in [2.45, 2.75) is 64.1 Å². The van der Waals surface area contributed by atoms with E-state index in [1.165, 1.54) is 6.42 Å². The fraction of sp³-hybridized carbons (Fsp3) is 0.923. The molecule has 4 heteroatoms. The number of ether oxygens (including phenoxy) is 1. The van der Waals surface area contributed by atoms with Crippen LogP contribution in [0, 0.1) is 0 Å². The Kier molecular flexibility index (Phi) is 3.61. The molecule has 1 atom stereocenters. The first kappa shape index (κ1) is 12.7. The lowest BCUT2D eigenvalue weighted by molar-refractivity contribution is -0.00371. The number of hydrogen-bond donors (Lipinski definition) is 1. The molecule has 0 aromatic heterocycles. The van der Waals surface area contributed by atoms with Crippen LogP contribution in [-0.2, 0) is 4.74 Å². The minimum atomic E-state index is -0.398. The van der Waals surface area contributed by atoms with E-state index in [1.807, 2.05) is 25.7 Å². The molecule has 0 bridgehead atoms. The Morgan fingerprint density at radius 3 is 2.35 bits per heavy atom. The summed E-state index contributed by atoms with van der Waals surface area (Å²) in [4.78, 5) is 14.3. The molecule has 17 heavy (non-hydrogen) atoms. The highest BCUT2D eigenvalue weighted by atomic mass is 16.6. The molecule has 2 fully saturated rings. The van der Waals surface area contributed by atoms with Crippen LogP contribution in [0.1, 0.15) is 46.5 Å². The van der Waals surface area contributed by atoms with Crippen molar-refractivity contribution in [3.05, 3.63) is 0 Å². The first-order valence-corrected chi connectivity index (χ1v) is 6.69. The van der Waals surface area contributed by atoms with Crippen molar-refractivity contribution in [1.29, 1.82) is 0 Å². The standard InChI is InChI=1S/C13H24N2O2/c1-13(2,3)17-12(16)15(10-5-4-6-10)11-7-8-14-9-11/h10-11,14H,4-9H2,1-3H3. The third kappa shape index (κ3) is 3.12. The molecular formula is C13H24N2O2. The van der Waals surface area contributed by atoms with Gasteiger partial charge in [-0.3, -0.25) is 0 Å². The topological polar surface area (TPSA) is 41.6 Å². The van der Waals surface area contributed by atoms with E-state index in [9.17, 15) is 4.79 Å². The fourth-order valence-electron chi connectivity index (χ4n) is 2.45. The fourth-order valence-corrected chi connectivity index (χ4v) is 2.45. The van der Waals surface area contributed by atoms with Crippen molar-refractivity contribution in [2.24, 2.45) is 0 Å². The maximum atomic E-state index is 12.3. The van der Waals surface area contributed by atoms with Crippen LogP contribution >= 0.6 is 0 Å². The molecule has 1 saturated heterocycles. The van der Waals surface area contributed by atoms with Crippen molar-refractivity contribution in [1.82, 2.24) is 10.2 Å². The quantitative estimate of drug-likeness (QED) is 0.804. The molecule has 1 aliphatic heterocycles. The first-order chi connectivity index (χ1) is 7.97. The first-order valence-electron chi connectivity index (χ1n) is 6.69. The molecule has 1 N–H and O–H groups in total. The average molecular weight is 240 g/mol. The maximum absolute atomic E-state index is 12.3. The summed E-state index contributed by atoms with van der Waals surface area (Å²) < 4.78 is 5.53. The Labute approximate surface area is 104 Å². The molecule has 4 nitrogen and oxygen atoms in total. The molecule has 1 heterocycles. The van der Waals surface area contributed by atoms with Crippen molar-refractivity contribution in [3.63, 3.8) is 0 Å². The summed E-state index contributed by atoms with van der Waals surface area (Å²) in [6.07, 6.45) is 4.43. The Morgan fingerprint density at radius 1 is 1.24 bits per heavy atom. The summed E-state index contributed by atoms with van der Waals surface area (Å²) in [5.74, 6) is 0. The highest BCUT2D eigenvalue weighted by molar-refractivity contribution is 5.69. The van der Waals surface area contributed by atoms with Gasteiger partial charge in [-0.15, -0.1) is 0 Å². The second-order valence-corrected chi connectivity index (χ2v) is 6.12. The summed E-state index contributed by atoms with van der Waals surface area (Å²) in [7, 11) is 0. The summed E-state index contributed by atoms with van der Waals surface area (Å²) in [5, 5.41) is 3.32. The zero-order valence-electron chi connectivity index (χ0n) is 11.2. The highest BCUT2D eigenvalue weighted by Gasteiger charge is 2.37. The van der Waals surface area contributed by atoms with E-state index in [1.54, 1.807) is 0 Å². The number of nitrogens with zero attached hydrogens (tertiary/aromatic N) is 1. The van der Waals surface area contributed by atoms with Gasteiger partial charge in [0.15, 0.2) is 0 Å². The van der Waals surface area contributed by atoms with E-state index in [0.29, 0.717) is 12.1 Å². The van der Waals surface area contributed by atoms with Crippen LogP contribution in [0.5, 0.6) is 0 Å². The Morgan fingerprint density at radius 2 is 1.94 bits per heavy atom. The predicted octanol–water partition coefficient (Wildman–Crippen LogP) is 2.14. The molecule has 1 unspecified atom stereocenters. The molecule has 2 rings (SSSR count). The van der Waals surface area contributed by atoms with Gasteiger partial charge in [0.2, 0.25) is 0 Å². The third-order valence-electron chi connectivity index (χ3n) is 3.50. The largest absolute Gasteiger partial charge is 0.444 e. The summed E-state index contributed by atoms with van der Waals surface area (Å²) >= 11 is 0. The van der Waals surface area contributed by atoms with E-state index >= 15 is 0 Å². The van der Waals surface area contributed by atoms with Gasteiger partial charge in [0.25, 0.3) is 0 Å². The second kappa shape index (κ2) is 4.84. The lowest BCUT2D eigenvalue weighted by atomic mass is 9.90. The monoisotopic (exact) mass is 240 g/mol. The number of rotatable bonds is 2. The van der Waals surface area contributed by atoms with E-state index in [2.05, 4.69) is 5.32 Å². The summed E-state index contributed by atoms with van der Waals surface area (Å²) in [6.45, 7) is 7.71. The van der Waals surface area contributed by atoms with Gasteiger partial charge in [-0.2, -0.15) is 0 Å². The van der Waals surface area contributed by atoms with Crippen LogP contribution in [0.3, 0.4) is 0 Å². The van der Waals surface area contributed by atoms with Crippen LogP contribution < -0.4 is 5.32 Å². The Bertz CT molecular complexity index is 276. The van der Waals surface area contributed by atoms with Crippen LogP contribution in [0.25, 0.3) is 0 Å². The average Bonchev–Trinajstić information content (AvgIpc) is 2.59.